The van der Waals surface area contributed by atoms with Crippen LogP contribution in [-0.2, 0) is 17.8 Å². The maximum atomic E-state index is 10.8. The number of ether oxygens (including phenoxy) is 1. The zero-order valence-corrected chi connectivity index (χ0v) is 22.9. The topological polar surface area (TPSA) is 129 Å². The van der Waals surface area contributed by atoms with E-state index in [1.165, 1.54) is 22.3 Å². The Balaban J connectivity index is 1.28. The van der Waals surface area contributed by atoms with Crippen molar-refractivity contribution in [3.63, 3.8) is 0 Å². The predicted molar refractivity (Wildman–Crippen MR) is 158 cm³/mol. The summed E-state index contributed by atoms with van der Waals surface area (Å²) >= 11 is 0. The molecule has 1 saturated heterocycles. The van der Waals surface area contributed by atoms with Crippen molar-refractivity contribution >= 4 is 22.9 Å². The van der Waals surface area contributed by atoms with Crippen LogP contribution >= 0.6 is 0 Å². The van der Waals surface area contributed by atoms with Crippen LogP contribution in [-0.4, -0.2) is 66.3 Å². The van der Waals surface area contributed by atoms with Gasteiger partial charge < -0.3 is 30.3 Å². The fraction of sp³-hybridized carbons (Fsp3) is 0.281. The lowest BCUT2D eigenvalue weighted by Crippen LogP contribution is -2.33. The van der Waals surface area contributed by atoms with Gasteiger partial charge in [0.2, 0.25) is 5.95 Å². The predicted octanol–water partition coefficient (Wildman–Crippen LogP) is 3.20. The molecule has 7 rings (SSSR count). The zero-order valence-electron chi connectivity index (χ0n) is 22.9. The van der Waals surface area contributed by atoms with Gasteiger partial charge in [-0.25, -0.2) is 4.98 Å². The molecular formula is C32H32N6O4. The van der Waals surface area contributed by atoms with E-state index in [4.69, 9.17) is 14.7 Å². The Morgan fingerprint density at radius 3 is 2.05 bits per heavy atom. The van der Waals surface area contributed by atoms with Crippen LogP contribution in [0, 0.1) is 0 Å². The largest absolute Gasteiger partial charge is 0.394 e. The maximum Gasteiger partial charge on any atom is 0.230 e. The number of aliphatic hydroxyl groups excluding tert-OH is 3. The first kappa shape index (κ1) is 26.5. The molecule has 0 radical (unpaired) electrons. The summed E-state index contributed by atoms with van der Waals surface area (Å²) in [5.41, 5.74) is 5.78. The van der Waals surface area contributed by atoms with Gasteiger partial charge in [-0.1, -0.05) is 84.9 Å². The quantitative estimate of drug-likeness (QED) is 0.225. The third-order valence-electron chi connectivity index (χ3n) is 8.20. The Hall–Kier alpha value is -4.35. The average Bonchev–Trinajstić information content (AvgIpc) is 3.74. The number of fused-ring (bicyclic) bond motifs is 2. The Kier molecular flexibility index (Phi) is 7.04. The highest BCUT2D eigenvalue weighted by molar-refractivity contribution is 5.84. The van der Waals surface area contributed by atoms with E-state index >= 15 is 0 Å². The molecule has 10 heteroatoms. The number of hydrogen-bond acceptors (Lipinski definition) is 9. The highest BCUT2D eigenvalue weighted by atomic mass is 16.6. The molecule has 4 N–H and O–H groups in total. The van der Waals surface area contributed by atoms with E-state index in [2.05, 4.69) is 51.6 Å². The highest BCUT2D eigenvalue weighted by Crippen LogP contribution is 2.35. The van der Waals surface area contributed by atoms with Crippen LogP contribution < -0.4 is 10.2 Å². The standard InChI is InChI=1S/C32H32N6O4/c39-18-25-27(40)28(41)31(42-25)38-19-34-26-29(33-15-24(20-9-3-1-4-10-20)21-11-5-2-6-12-21)35-32(36-30(26)38)37-16-22-13-7-8-14-23(22)17-37/h1-14,19,24-25,27-28,31,39-41H,15-18H2,(H,33,35,36)/t25-,27-,28-,31-/m1/s1. The number of nitrogens with one attached hydrogen (secondary N) is 1. The Morgan fingerprint density at radius 1 is 0.833 bits per heavy atom. The van der Waals surface area contributed by atoms with Crippen LogP contribution in [0.1, 0.15) is 34.4 Å². The van der Waals surface area contributed by atoms with Gasteiger partial charge in [-0.05, 0) is 22.3 Å². The molecule has 3 aromatic carbocycles. The summed E-state index contributed by atoms with van der Waals surface area (Å²) in [6.45, 7) is 1.47. The Bertz CT molecular complexity index is 1620. The molecule has 42 heavy (non-hydrogen) atoms. The van der Waals surface area contributed by atoms with Crippen LogP contribution in [0.15, 0.2) is 91.3 Å². The van der Waals surface area contributed by atoms with Crippen molar-refractivity contribution in [2.75, 3.05) is 23.4 Å². The first-order valence-electron chi connectivity index (χ1n) is 14.1. The van der Waals surface area contributed by atoms with Crippen molar-refractivity contribution < 1.29 is 20.1 Å². The minimum absolute atomic E-state index is 0.0550. The molecule has 0 amide bonds. The van der Waals surface area contributed by atoms with Crippen molar-refractivity contribution in [2.45, 2.75) is 43.5 Å². The van der Waals surface area contributed by atoms with Crippen molar-refractivity contribution in [1.82, 2.24) is 19.5 Å². The number of aliphatic hydroxyl groups is 3. The van der Waals surface area contributed by atoms with E-state index in [1.807, 2.05) is 48.5 Å². The number of benzene rings is 3. The summed E-state index contributed by atoms with van der Waals surface area (Å²) < 4.78 is 7.45. The lowest BCUT2D eigenvalue weighted by atomic mass is 9.91. The van der Waals surface area contributed by atoms with Gasteiger partial charge in [-0.3, -0.25) is 4.57 Å². The molecule has 0 aliphatic carbocycles. The van der Waals surface area contributed by atoms with Gasteiger partial charge >= 0.3 is 0 Å². The lowest BCUT2D eigenvalue weighted by Gasteiger charge is -2.21. The minimum Gasteiger partial charge on any atom is -0.394 e. The van der Waals surface area contributed by atoms with Gasteiger partial charge in [0.25, 0.3) is 0 Å². The summed E-state index contributed by atoms with van der Waals surface area (Å²) in [5.74, 6) is 1.14. The molecule has 1 fully saturated rings. The molecule has 0 spiro atoms. The second kappa shape index (κ2) is 11.1. The third-order valence-corrected chi connectivity index (χ3v) is 8.20. The third kappa shape index (κ3) is 4.78. The van der Waals surface area contributed by atoms with Crippen molar-refractivity contribution in [3.8, 4) is 0 Å². The van der Waals surface area contributed by atoms with E-state index in [1.54, 1.807) is 10.9 Å². The van der Waals surface area contributed by atoms with Crippen LogP contribution in [0.4, 0.5) is 11.8 Å². The number of nitrogens with zero attached hydrogens (tertiary/aromatic N) is 5. The van der Waals surface area contributed by atoms with Crippen LogP contribution in [0.25, 0.3) is 11.2 Å². The number of aromatic nitrogens is 4. The van der Waals surface area contributed by atoms with E-state index in [0.29, 0.717) is 42.6 Å². The second-order valence-electron chi connectivity index (χ2n) is 10.8. The highest BCUT2D eigenvalue weighted by Gasteiger charge is 2.44. The van der Waals surface area contributed by atoms with E-state index in [9.17, 15) is 15.3 Å². The van der Waals surface area contributed by atoms with E-state index in [-0.39, 0.29) is 5.92 Å². The molecule has 4 heterocycles. The molecule has 10 nitrogen and oxygen atoms in total. The summed E-state index contributed by atoms with van der Waals surface area (Å²) in [5, 5.41) is 34.4. The molecule has 2 aliphatic heterocycles. The second-order valence-corrected chi connectivity index (χ2v) is 10.8. The lowest BCUT2D eigenvalue weighted by molar-refractivity contribution is -0.0511. The van der Waals surface area contributed by atoms with Gasteiger partial charge in [-0.2, -0.15) is 9.97 Å². The molecule has 4 atom stereocenters. The SMILES string of the molecule is OC[C@H]1O[C@@H](n2cnc3c(NCC(c4ccccc4)c4ccccc4)nc(N4Cc5ccccc5C4)nc32)[C@H](O)[C@@H]1O. The first-order chi connectivity index (χ1) is 20.6. The fourth-order valence-electron chi connectivity index (χ4n) is 5.94. The molecule has 214 valence electrons. The van der Waals surface area contributed by atoms with Crippen molar-refractivity contribution in [1.29, 1.82) is 0 Å². The Labute approximate surface area is 242 Å². The molecule has 2 aromatic heterocycles. The zero-order chi connectivity index (χ0) is 28.6. The normalized spacial score (nSPS) is 21.8. The molecule has 2 aliphatic rings. The fourth-order valence-corrected chi connectivity index (χ4v) is 5.94. The monoisotopic (exact) mass is 564 g/mol. The van der Waals surface area contributed by atoms with Gasteiger partial charge in [0.05, 0.1) is 12.9 Å². The van der Waals surface area contributed by atoms with Crippen molar-refractivity contribution in [3.05, 3.63) is 114 Å². The number of hydrogen-bond donors (Lipinski definition) is 4. The van der Waals surface area contributed by atoms with Gasteiger partial charge in [0.1, 0.15) is 18.3 Å². The summed E-state index contributed by atoms with van der Waals surface area (Å²) in [6.07, 6.45) is -2.83. The molecule has 0 saturated carbocycles. The van der Waals surface area contributed by atoms with E-state index in [0.717, 1.165) is 0 Å². The summed E-state index contributed by atoms with van der Waals surface area (Å²) in [6, 6.07) is 29.0. The van der Waals surface area contributed by atoms with Gasteiger partial charge in [0.15, 0.2) is 23.2 Å². The molecule has 0 bridgehead atoms. The molecular weight excluding hydrogens is 532 g/mol. The average molecular weight is 565 g/mol. The van der Waals surface area contributed by atoms with E-state index < -0.39 is 31.1 Å². The van der Waals surface area contributed by atoms with Crippen molar-refractivity contribution in [2.24, 2.45) is 0 Å². The van der Waals surface area contributed by atoms with Gasteiger partial charge in [-0.15, -0.1) is 0 Å². The number of anilines is 2. The summed E-state index contributed by atoms with van der Waals surface area (Å²) in [7, 11) is 0. The smallest absolute Gasteiger partial charge is 0.230 e. The molecule has 5 aromatic rings. The summed E-state index contributed by atoms with van der Waals surface area (Å²) in [4.78, 5) is 16.6. The molecule has 0 unspecified atom stereocenters. The van der Waals surface area contributed by atoms with Crippen LogP contribution in [0.2, 0.25) is 0 Å². The van der Waals surface area contributed by atoms with Crippen LogP contribution in [0.3, 0.4) is 0 Å². The van der Waals surface area contributed by atoms with Gasteiger partial charge in [0, 0.05) is 25.6 Å². The van der Waals surface area contributed by atoms with Crippen LogP contribution in [0.5, 0.6) is 0 Å². The Morgan fingerprint density at radius 2 is 1.45 bits per heavy atom. The number of imidazole rings is 1. The minimum atomic E-state index is -1.26. The first-order valence-corrected chi connectivity index (χ1v) is 14.1. The maximum absolute atomic E-state index is 10.8. The number of rotatable bonds is 8.